The molecule has 7 nitrogen and oxygen atoms in total. The van der Waals surface area contributed by atoms with Crippen molar-refractivity contribution in [3.05, 3.63) is 28.3 Å². The fraction of sp³-hybridized carbons (Fsp3) is 0.385. The topological polar surface area (TPSA) is 97.2 Å². The lowest BCUT2D eigenvalue weighted by Crippen LogP contribution is -2.10. The first-order chi connectivity index (χ1) is 10.1. The number of aromatic nitrogens is 3. The van der Waals surface area contributed by atoms with Crippen molar-refractivity contribution in [2.45, 2.75) is 26.3 Å². The summed E-state index contributed by atoms with van der Waals surface area (Å²) in [5, 5.41) is 14.1. The van der Waals surface area contributed by atoms with Gasteiger partial charge < -0.3 is 15.2 Å². The van der Waals surface area contributed by atoms with E-state index < -0.39 is 5.97 Å². The first kappa shape index (κ1) is 15.2. The van der Waals surface area contributed by atoms with Crippen molar-refractivity contribution in [3.8, 4) is 5.88 Å². The van der Waals surface area contributed by atoms with Gasteiger partial charge in [0.1, 0.15) is 5.01 Å². The molecular formula is C13H16N4O3S. The van der Waals surface area contributed by atoms with Crippen LogP contribution in [0, 0.1) is 0 Å². The van der Waals surface area contributed by atoms with E-state index in [2.05, 4.69) is 20.3 Å². The van der Waals surface area contributed by atoms with Gasteiger partial charge in [-0.05, 0) is 13.3 Å². The number of carbonyl (C=O) groups is 1. The molecule has 0 aliphatic rings. The molecule has 8 heteroatoms. The smallest absolute Gasteiger partial charge is 0.355 e. The van der Waals surface area contributed by atoms with Crippen LogP contribution in [-0.2, 0) is 0 Å². The largest absolute Gasteiger partial charge is 0.478 e. The molecule has 2 rings (SSSR count). The summed E-state index contributed by atoms with van der Waals surface area (Å²) in [5.41, 5.74) is 0.0459. The van der Waals surface area contributed by atoms with Crippen LogP contribution in [-0.4, -0.2) is 32.6 Å². The maximum atomic E-state index is 10.8. The number of carboxylic acids is 1. The van der Waals surface area contributed by atoms with Gasteiger partial charge in [-0.25, -0.2) is 14.8 Å². The minimum atomic E-state index is -1.03. The van der Waals surface area contributed by atoms with Crippen molar-refractivity contribution in [1.82, 2.24) is 15.0 Å². The van der Waals surface area contributed by atoms with Gasteiger partial charge in [-0.3, -0.25) is 0 Å². The molecule has 2 aromatic rings. The van der Waals surface area contributed by atoms with E-state index in [4.69, 9.17) is 9.84 Å². The molecule has 0 saturated carbocycles. The first-order valence-electron chi connectivity index (χ1n) is 6.51. The normalized spacial score (nSPS) is 11.9. The molecule has 0 aliphatic carbocycles. The Kier molecular flexibility index (Phi) is 5.04. The van der Waals surface area contributed by atoms with E-state index >= 15 is 0 Å². The van der Waals surface area contributed by atoms with Gasteiger partial charge >= 0.3 is 5.97 Å². The Bertz CT molecular complexity index is 617. The molecule has 0 amide bonds. The number of carboxylic acid groups (broad SMARTS) is 1. The predicted molar refractivity (Wildman–Crippen MR) is 78.9 cm³/mol. The monoisotopic (exact) mass is 308 g/mol. The van der Waals surface area contributed by atoms with Gasteiger partial charge in [0.05, 0.1) is 12.6 Å². The molecule has 2 heterocycles. The Labute approximate surface area is 126 Å². The average Bonchev–Trinajstić information content (AvgIpc) is 2.95. The summed E-state index contributed by atoms with van der Waals surface area (Å²) in [7, 11) is 0. The summed E-state index contributed by atoms with van der Waals surface area (Å²) in [6.45, 7) is 4.48. The van der Waals surface area contributed by atoms with Crippen LogP contribution in [0.2, 0.25) is 0 Å². The van der Waals surface area contributed by atoms with Crippen LogP contribution in [0.3, 0.4) is 0 Å². The third-order valence-corrected chi connectivity index (χ3v) is 3.57. The van der Waals surface area contributed by atoms with Crippen molar-refractivity contribution in [2.24, 2.45) is 0 Å². The third-order valence-electron chi connectivity index (χ3n) is 2.54. The summed E-state index contributed by atoms with van der Waals surface area (Å²) in [6.07, 6.45) is 2.51. The van der Waals surface area contributed by atoms with E-state index in [0.717, 1.165) is 6.42 Å². The summed E-state index contributed by atoms with van der Waals surface area (Å²) in [4.78, 5) is 23.2. The SMILES string of the molecule is CCCOc1ccnc(NC(C)c2nc(C(=O)O)cs2)n1. The number of thiazole rings is 1. The molecule has 0 spiro atoms. The molecule has 0 bridgehead atoms. The van der Waals surface area contributed by atoms with Gasteiger partial charge in [0, 0.05) is 17.6 Å². The zero-order valence-electron chi connectivity index (χ0n) is 11.7. The number of rotatable bonds is 7. The van der Waals surface area contributed by atoms with Crippen LogP contribution in [0.4, 0.5) is 5.95 Å². The molecule has 0 aliphatic heterocycles. The van der Waals surface area contributed by atoms with Crippen molar-refractivity contribution in [1.29, 1.82) is 0 Å². The van der Waals surface area contributed by atoms with E-state index in [-0.39, 0.29) is 11.7 Å². The summed E-state index contributed by atoms with van der Waals surface area (Å²) >= 11 is 1.28. The third kappa shape index (κ3) is 4.12. The van der Waals surface area contributed by atoms with Crippen molar-refractivity contribution in [3.63, 3.8) is 0 Å². The minimum Gasteiger partial charge on any atom is -0.478 e. The molecule has 21 heavy (non-hydrogen) atoms. The number of nitrogens with zero attached hydrogens (tertiary/aromatic N) is 3. The van der Waals surface area contributed by atoms with E-state index in [1.54, 1.807) is 12.3 Å². The van der Waals surface area contributed by atoms with E-state index in [1.807, 2.05) is 13.8 Å². The van der Waals surface area contributed by atoms with E-state index in [1.165, 1.54) is 16.7 Å². The van der Waals surface area contributed by atoms with Gasteiger partial charge in [-0.15, -0.1) is 11.3 Å². The molecule has 2 aromatic heterocycles. The molecule has 0 fully saturated rings. The Morgan fingerprint density at radius 3 is 3.00 bits per heavy atom. The molecule has 1 unspecified atom stereocenters. The number of nitrogens with one attached hydrogen (secondary N) is 1. The standard InChI is InChI=1S/C13H16N4O3S/c1-3-6-20-10-4-5-14-13(17-10)15-8(2)11-16-9(7-21-11)12(18)19/h4-5,7-8H,3,6H2,1-2H3,(H,18,19)(H,14,15,17). The van der Waals surface area contributed by atoms with Crippen LogP contribution in [0.15, 0.2) is 17.6 Å². The Balaban J connectivity index is 2.04. The number of aromatic carboxylic acids is 1. The van der Waals surface area contributed by atoms with Crippen LogP contribution >= 0.6 is 11.3 Å². The maximum Gasteiger partial charge on any atom is 0.355 e. The van der Waals surface area contributed by atoms with E-state index in [0.29, 0.717) is 23.4 Å². The molecule has 112 valence electrons. The van der Waals surface area contributed by atoms with Gasteiger partial charge in [-0.1, -0.05) is 6.92 Å². The Morgan fingerprint density at radius 1 is 1.52 bits per heavy atom. The molecule has 1 atom stereocenters. The lowest BCUT2D eigenvalue weighted by Gasteiger charge is -2.11. The van der Waals surface area contributed by atoms with Crippen LogP contribution < -0.4 is 10.1 Å². The highest BCUT2D eigenvalue weighted by Gasteiger charge is 2.15. The fourth-order valence-electron chi connectivity index (χ4n) is 1.54. The highest BCUT2D eigenvalue weighted by Crippen LogP contribution is 2.21. The number of hydrogen-bond donors (Lipinski definition) is 2. The zero-order chi connectivity index (χ0) is 15.2. The van der Waals surface area contributed by atoms with Gasteiger partial charge in [0.2, 0.25) is 11.8 Å². The molecular weight excluding hydrogens is 292 g/mol. The van der Waals surface area contributed by atoms with Gasteiger partial charge in [0.25, 0.3) is 0 Å². The summed E-state index contributed by atoms with van der Waals surface area (Å²) < 4.78 is 5.44. The Hall–Kier alpha value is -2.22. The van der Waals surface area contributed by atoms with E-state index in [9.17, 15) is 4.79 Å². The molecule has 0 aromatic carbocycles. The van der Waals surface area contributed by atoms with Crippen molar-refractivity contribution >= 4 is 23.3 Å². The zero-order valence-corrected chi connectivity index (χ0v) is 12.6. The highest BCUT2D eigenvalue weighted by molar-refractivity contribution is 7.09. The van der Waals surface area contributed by atoms with Gasteiger partial charge in [-0.2, -0.15) is 4.98 Å². The second kappa shape index (κ2) is 6.98. The second-order valence-corrected chi connectivity index (χ2v) is 5.20. The number of hydrogen-bond acceptors (Lipinski definition) is 7. The van der Waals surface area contributed by atoms with Crippen molar-refractivity contribution in [2.75, 3.05) is 11.9 Å². The van der Waals surface area contributed by atoms with Crippen LogP contribution in [0.5, 0.6) is 5.88 Å². The Morgan fingerprint density at radius 2 is 2.33 bits per heavy atom. The van der Waals surface area contributed by atoms with Crippen LogP contribution in [0.1, 0.15) is 41.8 Å². The summed E-state index contributed by atoms with van der Waals surface area (Å²) in [6, 6.07) is 1.50. The fourth-order valence-corrected chi connectivity index (χ4v) is 2.34. The van der Waals surface area contributed by atoms with Crippen LogP contribution in [0.25, 0.3) is 0 Å². The molecule has 2 N–H and O–H groups in total. The predicted octanol–water partition coefficient (Wildman–Crippen LogP) is 2.59. The van der Waals surface area contributed by atoms with Crippen molar-refractivity contribution < 1.29 is 14.6 Å². The lowest BCUT2D eigenvalue weighted by molar-refractivity contribution is 0.0691. The average molecular weight is 308 g/mol. The highest BCUT2D eigenvalue weighted by atomic mass is 32.1. The quantitative estimate of drug-likeness (QED) is 0.811. The van der Waals surface area contributed by atoms with Gasteiger partial charge in [0.15, 0.2) is 5.69 Å². The first-order valence-corrected chi connectivity index (χ1v) is 7.39. The number of anilines is 1. The molecule has 0 radical (unpaired) electrons. The number of ether oxygens (including phenoxy) is 1. The maximum absolute atomic E-state index is 10.8. The lowest BCUT2D eigenvalue weighted by atomic mass is 10.3. The second-order valence-electron chi connectivity index (χ2n) is 4.31. The minimum absolute atomic E-state index is 0.0459. The summed E-state index contributed by atoms with van der Waals surface area (Å²) in [5.74, 6) is -0.106. The molecule has 0 saturated heterocycles.